The number of aryl methyl sites for hydroxylation is 2. The van der Waals surface area contributed by atoms with Gasteiger partial charge in [0, 0.05) is 6.07 Å². The Morgan fingerprint density at radius 2 is 1.68 bits per heavy atom. The first-order valence-electron chi connectivity index (χ1n) is 7.88. The van der Waals surface area contributed by atoms with Gasteiger partial charge in [0.05, 0.1) is 25.5 Å². The van der Waals surface area contributed by atoms with Gasteiger partial charge in [-0.1, -0.05) is 39.5 Å². The van der Waals surface area contributed by atoms with E-state index in [1.807, 2.05) is 27.6 Å². The molecule has 0 unspecified atom stereocenters. The fraction of sp³-hybridized carbons (Fsp3) is 0.750. The molecule has 0 radical (unpaired) electrons. The van der Waals surface area contributed by atoms with Gasteiger partial charge in [0.2, 0.25) is 0 Å². The minimum absolute atomic E-state index is 0.149. The number of hydrogen-bond acceptors (Lipinski definition) is 1. The predicted molar refractivity (Wildman–Crippen MR) is 79.2 cm³/mol. The lowest BCUT2D eigenvalue weighted by Crippen LogP contribution is -2.53. The van der Waals surface area contributed by atoms with Crippen molar-refractivity contribution in [2.75, 3.05) is 0 Å². The quantitative estimate of drug-likeness (QED) is 0.471. The summed E-state index contributed by atoms with van der Waals surface area (Å²) in [5.41, 5.74) is 0.149. The number of rotatable bonds is 10. The molecule has 0 saturated heterocycles. The Morgan fingerprint density at radius 1 is 1.00 bits per heavy atom. The van der Waals surface area contributed by atoms with Crippen LogP contribution in [0.4, 0.5) is 0 Å². The molecule has 0 bridgehead atoms. The first-order valence-corrected chi connectivity index (χ1v) is 7.88. The summed E-state index contributed by atoms with van der Waals surface area (Å²) in [6.07, 6.45) is 13.5. The zero-order valence-corrected chi connectivity index (χ0v) is 12.6. The van der Waals surface area contributed by atoms with Gasteiger partial charge >= 0.3 is 5.69 Å². The van der Waals surface area contributed by atoms with Crippen molar-refractivity contribution < 1.29 is 4.57 Å². The highest BCUT2D eigenvalue weighted by atomic mass is 16.1. The molecule has 0 fully saturated rings. The molecule has 108 valence electrons. The summed E-state index contributed by atoms with van der Waals surface area (Å²) < 4.78 is 3.71. The molecule has 1 aromatic rings. The van der Waals surface area contributed by atoms with Crippen molar-refractivity contribution in [3.8, 4) is 0 Å². The number of aromatic nitrogens is 2. The maximum absolute atomic E-state index is 12.2. The molecule has 0 aliphatic rings. The SMILES string of the molecule is CCCCCCn1ccc[n+](CCCCCC)c1=O. The Morgan fingerprint density at radius 3 is 2.37 bits per heavy atom. The molecule has 19 heavy (non-hydrogen) atoms. The number of unbranched alkanes of at least 4 members (excludes halogenated alkanes) is 6. The van der Waals surface area contributed by atoms with Crippen molar-refractivity contribution in [2.24, 2.45) is 0 Å². The second kappa shape index (κ2) is 9.76. The summed E-state index contributed by atoms with van der Waals surface area (Å²) in [5, 5.41) is 0. The van der Waals surface area contributed by atoms with Crippen LogP contribution in [0.2, 0.25) is 0 Å². The van der Waals surface area contributed by atoms with Crippen LogP contribution in [0.5, 0.6) is 0 Å². The summed E-state index contributed by atoms with van der Waals surface area (Å²) >= 11 is 0. The largest absolute Gasteiger partial charge is 0.497 e. The molecule has 0 aromatic carbocycles. The van der Waals surface area contributed by atoms with E-state index in [0.717, 1.165) is 25.9 Å². The van der Waals surface area contributed by atoms with Crippen LogP contribution in [-0.4, -0.2) is 4.57 Å². The monoisotopic (exact) mass is 265 g/mol. The van der Waals surface area contributed by atoms with Crippen LogP contribution < -0.4 is 10.3 Å². The van der Waals surface area contributed by atoms with E-state index in [0.29, 0.717) is 0 Å². The molecule has 0 saturated carbocycles. The summed E-state index contributed by atoms with van der Waals surface area (Å²) in [4.78, 5) is 12.2. The molecular weight excluding hydrogens is 236 g/mol. The summed E-state index contributed by atoms with van der Waals surface area (Å²) in [7, 11) is 0. The standard InChI is InChI=1S/C16H29N2O/c1-3-5-7-9-12-17-14-11-15-18(16(17)19)13-10-8-6-4-2/h11,14-15H,3-10,12-13H2,1-2H3/q+1. The third kappa shape index (κ3) is 6.04. The highest BCUT2D eigenvalue weighted by Gasteiger charge is 2.08. The van der Waals surface area contributed by atoms with Gasteiger partial charge in [-0.3, -0.25) is 0 Å². The Bertz CT molecular complexity index is 365. The van der Waals surface area contributed by atoms with Crippen molar-refractivity contribution >= 4 is 0 Å². The molecule has 0 aliphatic heterocycles. The molecule has 0 N–H and O–H groups in total. The highest BCUT2D eigenvalue weighted by molar-refractivity contribution is 4.75. The van der Waals surface area contributed by atoms with Crippen molar-refractivity contribution in [2.45, 2.75) is 78.3 Å². The maximum Gasteiger partial charge on any atom is 0.497 e. The van der Waals surface area contributed by atoms with Gasteiger partial charge in [0.1, 0.15) is 0 Å². The van der Waals surface area contributed by atoms with Crippen LogP contribution in [-0.2, 0) is 13.1 Å². The molecule has 0 aliphatic carbocycles. The topological polar surface area (TPSA) is 25.9 Å². The van der Waals surface area contributed by atoms with E-state index in [1.165, 1.54) is 38.5 Å². The molecule has 0 atom stereocenters. The van der Waals surface area contributed by atoms with E-state index < -0.39 is 0 Å². The zero-order valence-electron chi connectivity index (χ0n) is 12.6. The third-order valence-corrected chi connectivity index (χ3v) is 3.53. The Kier molecular flexibility index (Phi) is 8.19. The minimum Gasteiger partial charge on any atom is -0.198 e. The summed E-state index contributed by atoms with van der Waals surface area (Å²) in [5.74, 6) is 0. The smallest absolute Gasteiger partial charge is 0.198 e. The van der Waals surface area contributed by atoms with E-state index >= 15 is 0 Å². The average Bonchev–Trinajstić information content (AvgIpc) is 2.43. The van der Waals surface area contributed by atoms with E-state index in [9.17, 15) is 4.79 Å². The van der Waals surface area contributed by atoms with Crippen LogP contribution in [0.25, 0.3) is 0 Å². The van der Waals surface area contributed by atoms with Crippen LogP contribution in [0.3, 0.4) is 0 Å². The van der Waals surface area contributed by atoms with Crippen LogP contribution >= 0.6 is 0 Å². The van der Waals surface area contributed by atoms with Crippen molar-refractivity contribution in [1.29, 1.82) is 0 Å². The molecule has 1 rings (SSSR count). The van der Waals surface area contributed by atoms with Gasteiger partial charge in [-0.25, -0.2) is 0 Å². The van der Waals surface area contributed by atoms with Gasteiger partial charge < -0.3 is 0 Å². The van der Waals surface area contributed by atoms with E-state index in [-0.39, 0.29) is 5.69 Å². The van der Waals surface area contributed by atoms with Gasteiger partial charge in [0.15, 0.2) is 0 Å². The van der Waals surface area contributed by atoms with Gasteiger partial charge in [-0.05, 0) is 25.7 Å². The van der Waals surface area contributed by atoms with Crippen LogP contribution in [0.1, 0.15) is 65.2 Å². The van der Waals surface area contributed by atoms with Crippen molar-refractivity contribution in [1.82, 2.24) is 4.57 Å². The predicted octanol–water partition coefficient (Wildman–Crippen LogP) is 3.30. The Labute approximate surface area is 117 Å². The lowest BCUT2D eigenvalue weighted by atomic mass is 10.2. The molecule has 1 heterocycles. The molecule has 0 spiro atoms. The van der Waals surface area contributed by atoms with Crippen molar-refractivity contribution in [3.63, 3.8) is 0 Å². The molecular formula is C16H29N2O+. The summed E-state index contributed by atoms with van der Waals surface area (Å²) in [6, 6.07) is 1.99. The lowest BCUT2D eigenvalue weighted by molar-refractivity contribution is -0.716. The summed E-state index contributed by atoms with van der Waals surface area (Å²) in [6.45, 7) is 6.13. The van der Waals surface area contributed by atoms with E-state index in [4.69, 9.17) is 0 Å². The zero-order chi connectivity index (χ0) is 13.9. The number of nitrogens with zero attached hydrogens (tertiary/aromatic N) is 2. The van der Waals surface area contributed by atoms with Gasteiger partial charge in [-0.15, -0.1) is 0 Å². The minimum atomic E-state index is 0.149. The van der Waals surface area contributed by atoms with Crippen LogP contribution in [0, 0.1) is 0 Å². The average molecular weight is 265 g/mol. The second-order valence-electron chi connectivity index (χ2n) is 5.28. The third-order valence-electron chi connectivity index (χ3n) is 3.53. The molecule has 3 heteroatoms. The van der Waals surface area contributed by atoms with Gasteiger partial charge in [0.25, 0.3) is 0 Å². The van der Waals surface area contributed by atoms with E-state index in [2.05, 4.69) is 13.8 Å². The lowest BCUT2D eigenvalue weighted by Gasteiger charge is -2.03. The first-order chi connectivity index (χ1) is 9.29. The molecule has 3 nitrogen and oxygen atoms in total. The molecule has 1 aromatic heterocycles. The normalized spacial score (nSPS) is 10.8. The fourth-order valence-corrected chi connectivity index (χ4v) is 2.30. The fourth-order valence-electron chi connectivity index (χ4n) is 2.30. The highest BCUT2D eigenvalue weighted by Crippen LogP contribution is 2.00. The number of hydrogen-bond donors (Lipinski definition) is 0. The van der Waals surface area contributed by atoms with E-state index in [1.54, 1.807) is 0 Å². The molecule has 0 amide bonds. The second-order valence-corrected chi connectivity index (χ2v) is 5.28. The Balaban J connectivity index is 2.47. The van der Waals surface area contributed by atoms with Crippen LogP contribution in [0.15, 0.2) is 23.3 Å². The Hall–Kier alpha value is -1.12. The van der Waals surface area contributed by atoms with Crippen molar-refractivity contribution in [3.05, 3.63) is 28.9 Å². The van der Waals surface area contributed by atoms with Gasteiger partial charge in [-0.2, -0.15) is 13.9 Å². The maximum atomic E-state index is 12.2. The first kappa shape index (κ1) is 15.9.